The zero-order valence-electron chi connectivity index (χ0n) is 23.2. The van der Waals surface area contributed by atoms with Crippen molar-refractivity contribution in [2.45, 2.75) is 56.9 Å². The number of sulfonamides is 1. The van der Waals surface area contributed by atoms with E-state index in [1.807, 2.05) is 0 Å². The average Bonchev–Trinajstić information content (AvgIpc) is 2.89. The molecule has 3 aromatic carbocycles. The lowest BCUT2D eigenvalue weighted by Crippen LogP contribution is -2.54. The molecule has 0 saturated heterocycles. The van der Waals surface area contributed by atoms with Crippen molar-refractivity contribution in [3.05, 3.63) is 93.4 Å². The van der Waals surface area contributed by atoms with E-state index in [1.54, 1.807) is 51.1 Å². The first-order valence-corrected chi connectivity index (χ1v) is 15.3. The highest BCUT2D eigenvalue weighted by Gasteiger charge is 2.37. The first kappa shape index (κ1) is 33.4. The van der Waals surface area contributed by atoms with Crippen LogP contribution in [0.2, 0.25) is 5.02 Å². The predicted molar refractivity (Wildman–Crippen MR) is 159 cm³/mol. The van der Waals surface area contributed by atoms with E-state index in [9.17, 15) is 31.2 Å². The zero-order chi connectivity index (χ0) is 31.5. The first-order valence-electron chi connectivity index (χ1n) is 12.7. The van der Waals surface area contributed by atoms with E-state index in [2.05, 4.69) is 21.2 Å². The maximum absolute atomic E-state index is 13.9. The SMILES string of the molecule is CC(C(=O)NC(C)(C)C)N(Cc1cccc(Br)c1)C(=O)CN(c1ccc(Cl)c(C(F)(F)F)c1)S(=O)(=O)c1ccccc1. The maximum Gasteiger partial charge on any atom is 0.417 e. The van der Waals surface area contributed by atoms with Gasteiger partial charge in [-0.2, -0.15) is 13.2 Å². The minimum absolute atomic E-state index is 0.0787. The van der Waals surface area contributed by atoms with Gasteiger partial charge in [-0.25, -0.2) is 8.42 Å². The third-order valence-corrected chi connectivity index (χ3v) is 8.67. The van der Waals surface area contributed by atoms with Crippen LogP contribution >= 0.6 is 27.5 Å². The highest BCUT2D eigenvalue weighted by Crippen LogP contribution is 2.38. The fourth-order valence-corrected chi connectivity index (χ4v) is 6.12. The van der Waals surface area contributed by atoms with Crippen molar-refractivity contribution in [3.8, 4) is 0 Å². The molecular formula is C29H30BrClF3N3O4S. The number of nitrogens with one attached hydrogen (secondary N) is 1. The summed E-state index contributed by atoms with van der Waals surface area (Å²) in [4.78, 5) is 28.0. The fraction of sp³-hybridized carbons (Fsp3) is 0.310. The van der Waals surface area contributed by atoms with Gasteiger partial charge < -0.3 is 10.2 Å². The van der Waals surface area contributed by atoms with Gasteiger partial charge in [-0.05, 0) is 75.7 Å². The Morgan fingerprint density at radius 2 is 1.62 bits per heavy atom. The Morgan fingerprint density at radius 1 is 0.976 bits per heavy atom. The van der Waals surface area contributed by atoms with Gasteiger partial charge in [0.15, 0.2) is 0 Å². The van der Waals surface area contributed by atoms with Crippen LogP contribution in [0.25, 0.3) is 0 Å². The minimum Gasteiger partial charge on any atom is -0.350 e. The molecule has 3 rings (SSSR count). The van der Waals surface area contributed by atoms with E-state index in [4.69, 9.17) is 11.6 Å². The van der Waals surface area contributed by atoms with Gasteiger partial charge in [0.25, 0.3) is 10.0 Å². The molecule has 0 bridgehead atoms. The number of alkyl halides is 3. The first-order chi connectivity index (χ1) is 19.4. The van der Waals surface area contributed by atoms with Gasteiger partial charge in [0.2, 0.25) is 11.8 Å². The van der Waals surface area contributed by atoms with Crippen LogP contribution in [0, 0.1) is 0 Å². The lowest BCUT2D eigenvalue weighted by atomic mass is 10.1. The van der Waals surface area contributed by atoms with E-state index in [0.29, 0.717) is 20.4 Å². The molecule has 7 nitrogen and oxygen atoms in total. The summed E-state index contributed by atoms with van der Waals surface area (Å²) < 4.78 is 70.1. The predicted octanol–water partition coefficient (Wildman–Crippen LogP) is 6.65. The van der Waals surface area contributed by atoms with Gasteiger partial charge in [0.05, 0.1) is 21.2 Å². The van der Waals surface area contributed by atoms with Gasteiger partial charge in [-0.3, -0.25) is 13.9 Å². The van der Waals surface area contributed by atoms with Crippen LogP contribution in [0.15, 0.2) is 82.2 Å². The fourth-order valence-electron chi connectivity index (χ4n) is 4.02. The number of rotatable bonds is 9. The van der Waals surface area contributed by atoms with Crippen molar-refractivity contribution in [2.24, 2.45) is 0 Å². The third kappa shape index (κ3) is 8.48. The summed E-state index contributed by atoms with van der Waals surface area (Å²) in [7, 11) is -4.54. The summed E-state index contributed by atoms with van der Waals surface area (Å²) in [6, 6.07) is 15.6. The molecule has 0 aromatic heterocycles. The van der Waals surface area contributed by atoms with Crippen LogP contribution in [0.3, 0.4) is 0 Å². The Labute approximate surface area is 256 Å². The largest absolute Gasteiger partial charge is 0.417 e. The normalized spacial score (nSPS) is 12.9. The standard InChI is InChI=1S/C29H30BrClF3N3O4S/c1-19(27(39)35-28(2,3)4)36(17-20-9-8-10-21(30)15-20)26(38)18-37(42(40,41)23-11-6-5-7-12-23)22-13-14-25(31)24(16-22)29(32,33)34/h5-16,19H,17-18H2,1-4H3,(H,35,39). The molecule has 226 valence electrons. The molecule has 42 heavy (non-hydrogen) atoms. The van der Waals surface area contributed by atoms with Crippen LogP contribution in [-0.4, -0.2) is 43.3 Å². The van der Waals surface area contributed by atoms with Crippen molar-refractivity contribution in [1.29, 1.82) is 0 Å². The number of hydrogen-bond donors (Lipinski definition) is 1. The Balaban J connectivity index is 2.12. The molecule has 0 aliphatic carbocycles. The zero-order valence-corrected chi connectivity index (χ0v) is 26.4. The van der Waals surface area contributed by atoms with E-state index in [-0.39, 0.29) is 11.4 Å². The molecule has 0 aliphatic heterocycles. The van der Waals surface area contributed by atoms with Crippen LogP contribution in [0.5, 0.6) is 0 Å². The minimum atomic E-state index is -4.88. The number of anilines is 1. The molecule has 0 radical (unpaired) electrons. The van der Waals surface area contributed by atoms with Gasteiger partial charge in [-0.1, -0.05) is 57.9 Å². The van der Waals surface area contributed by atoms with Crippen LogP contribution in [0.1, 0.15) is 38.8 Å². The van der Waals surface area contributed by atoms with E-state index in [0.717, 1.165) is 12.1 Å². The van der Waals surface area contributed by atoms with Crippen LogP contribution < -0.4 is 9.62 Å². The molecule has 0 heterocycles. The number of hydrogen-bond acceptors (Lipinski definition) is 4. The van der Waals surface area contributed by atoms with E-state index in [1.165, 1.54) is 36.1 Å². The number of carbonyl (C=O) groups is 2. The summed E-state index contributed by atoms with van der Waals surface area (Å²) in [5.74, 6) is -1.30. The summed E-state index contributed by atoms with van der Waals surface area (Å²) in [6.45, 7) is 5.83. The van der Waals surface area contributed by atoms with Crippen molar-refractivity contribution in [3.63, 3.8) is 0 Å². The third-order valence-electron chi connectivity index (χ3n) is 6.06. The Kier molecular flexibility index (Phi) is 10.4. The number of amides is 2. The number of benzene rings is 3. The summed E-state index contributed by atoms with van der Waals surface area (Å²) >= 11 is 9.17. The number of nitrogens with zero attached hydrogens (tertiary/aromatic N) is 2. The highest BCUT2D eigenvalue weighted by atomic mass is 79.9. The molecule has 13 heteroatoms. The molecule has 0 spiro atoms. The molecule has 0 fully saturated rings. The highest BCUT2D eigenvalue weighted by molar-refractivity contribution is 9.10. The summed E-state index contributed by atoms with van der Waals surface area (Å²) in [6.07, 6.45) is -4.88. The van der Waals surface area contributed by atoms with Crippen molar-refractivity contribution in [1.82, 2.24) is 10.2 Å². The number of carbonyl (C=O) groups excluding carboxylic acids is 2. The molecule has 0 aliphatic rings. The smallest absolute Gasteiger partial charge is 0.350 e. The molecule has 1 N–H and O–H groups in total. The molecular weight excluding hydrogens is 659 g/mol. The number of halogens is 5. The molecule has 1 atom stereocenters. The lowest BCUT2D eigenvalue weighted by molar-refractivity contribution is -0.140. The molecule has 0 saturated carbocycles. The van der Waals surface area contributed by atoms with Gasteiger partial charge in [-0.15, -0.1) is 0 Å². The van der Waals surface area contributed by atoms with Crippen LogP contribution in [-0.2, 0) is 32.3 Å². The second kappa shape index (κ2) is 13.0. The Hall–Kier alpha value is -3.09. The monoisotopic (exact) mass is 687 g/mol. The van der Waals surface area contributed by atoms with Crippen LogP contribution in [0.4, 0.5) is 18.9 Å². The van der Waals surface area contributed by atoms with E-state index >= 15 is 0 Å². The molecule has 1 unspecified atom stereocenters. The molecule has 3 aromatic rings. The quantitative estimate of drug-likeness (QED) is 0.273. The lowest BCUT2D eigenvalue weighted by Gasteiger charge is -2.33. The summed E-state index contributed by atoms with van der Waals surface area (Å²) in [5.41, 5.74) is -1.67. The van der Waals surface area contributed by atoms with Gasteiger partial charge in [0, 0.05) is 16.6 Å². The van der Waals surface area contributed by atoms with Gasteiger partial charge in [0.1, 0.15) is 12.6 Å². The van der Waals surface area contributed by atoms with E-state index < -0.39 is 62.4 Å². The van der Waals surface area contributed by atoms with Crippen molar-refractivity contribution in [2.75, 3.05) is 10.8 Å². The second-order valence-electron chi connectivity index (χ2n) is 10.6. The second-order valence-corrected chi connectivity index (χ2v) is 13.7. The van der Waals surface area contributed by atoms with Gasteiger partial charge >= 0.3 is 6.18 Å². The molecule has 2 amide bonds. The maximum atomic E-state index is 13.9. The topological polar surface area (TPSA) is 86.8 Å². The van der Waals surface area contributed by atoms with Crippen molar-refractivity contribution < 1.29 is 31.2 Å². The van der Waals surface area contributed by atoms with Crippen molar-refractivity contribution >= 4 is 55.1 Å². The summed E-state index contributed by atoms with van der Waals surface area (Å²) in [5, 5.41) is 2.18. The Morgan fingerprint density at radius 3 is 2.19 bits per heavy atom. The Bertz CT molecular complexity index is 1550. The average molecular weight is 689 g/mol.